The summed E-state index contributed by atoms with van der Waals surface area (Å²) >= 11 is 7.46. The molecule has 0 radical (unpaired) electrons. The van der Waals surface area contributed by atoms with Crippen molar-refractivity contribution >= 4 is 22.9 Å². The normalized spacial score (nSPS) is 12.8. The summed E-state index contributed by atoms with van der Waals surface area (Å²) in [5.74, 6) is -0.353. The summed E-state index contributed by atoms with van der Waals surface area (Å²) in [7, 11) is 0. The minimum Gasteiger partial charge on any atom is -0.383 e. The average molecular weight is 271 g/mol. The Morgan fingerprint density at radius 3 is 2.59 bits per heavy atom. The van der Waals surface area contributed by atoms with Gasteiger partial charge in [-0.1, -0.05) is 11.6 Å². The van der Waals surface area contributed by atoms with Crippen molar-refractivity contribution in [3.8, 4) is 0 Å². The van der Waals surface area contributed by atoms with E-state index in [1.54, 1.807) is 13.0 Å². The summed E-state index contributed by atoms with van der Waals surface area (Å²) in [4.78, 5) is 1.93. The zero-order valence-corrected chi connectivity index (χ0v) is 11.1. The first-order chi connectivity index (χ1) is 7.99. The number of hydrogen-bond acceptors (Lipinski definition) is 2. The maximum absolute atomic E-state index is 13.3. The van der Waals surface area contributed by atoms with Crippen molar-refractivity contribution in [3.63, 3.8) is 0 Å². The third kappa shape index (κ3) is 2.51. The molecule has 0 fully saturated rings. The Morgan fingerprint density at radius 2 is 2.00 bits per heavy atom. The van der Waals surface area contributed by atoms with Crippen molar-refractivity contribution < 1.29 is 9.50 Å². The number of aliphatic hydroxyl groups excluding tert-OH is 1. The highest BCUT2D eigenvalue weighted by Gasteiger charge is 2.17. The fourth-order valence-corrected chi connectivity index (χ4v) is 2.78. The third-order valence-electron chi connectivity index (χ3n) is 2.60. The molecule has 0 spiro atoms. The van der Waals surface area contributed by atoms with E-state index in [-0.39, 0.29) is 10.8 Å². The standard InChI is InChI=1S/C13H12ClFOS/c1-7-5-9(10(14)6-11(7)15)13(16)12-4-3-8(2)17-12/h3-6,13,16H,1-2H3. The molecule has 0 bridgehead atoms. The number of halogens is 2. The molecule has 0 saturated carbocycles. The van der Waals surface area contributed by atoms with Crippen molar-refractivity contribution in [1.29, 1.82) is 0 Å². The second-order valence-corrected chi connectivity index (χ2v) is 5.70. The van der Waals surface area contributed by atoms with E-state index in [2.05, 4.69) is 0 Å². The van der Waals surface area contributed by atoms with E-state index in [4.69, 9.17) is 11.6 Å². The molecule has 0 amide bonds. The summed E-state index contributed by atoms with van der Waals surface area (Å²) in [6.45, 7) is 3.62. The molecular formula is C13H12ClFOS. The van der Waals surface area contributed by atoms with Gasteiger partial charge in [0.15, 0.2) is 0 Å². The van der Waals surface area contributed by atoms with Gasteiger partial charge in [-0.05, 0) is 43.7 Å². The number of aryl methyl sites for hydroxylation is 2. The van der Waals surface area contributed by atoms with Gasteiger partial charge in [0, 0.05) is 20.3 Å². The van der Waals surface area contributed by atoms with Crippen molar-refractivity contribution in [2.45, 2.75) is 20.0 Å². The first kappa shape index (κ1) is 12.6. The van der Waals surface area contributed by atoms with Crippen LogP contribution in [-0.2, 0) is 0 Å². The topological polar surface area (TPSA) is 20.2 Å². The number of thiophene rings is 1. The summed E-state index contributed by atoms with van der Waals surface area (Å²) in [5, 5.41) is 10.5. The molecule has 0 saturated heterocycles. The van der Waals surface area contributed by atoms with E-state index in [9.17, 15) is 9.50 Å². The quantitative estimate of drug-likeness (QED) is 0.865. The van der Waals surface area contributed by atoms with Crippen LogP contribution in [0.5, 0.6) is 0 Å². The lowest BCUT2D eigenvalue weighted by Crippen LogP contribution is -2.00. The van der Waals surface area contributed by atoms with E-state index in [0.717, 1.165) is 9.75 Å². The van der Waals surface area contributed by atoms with Crippen LogP contribution in [0, 0.1) is 19.7 Å². The van der Waals surface area contributed by atoms with Crippen LogP contribution in [0.4, 0.5) is 4.39 Å². The molecule has 0 aliphatic heterocycles. The summed E-state index contributed by atoms with van der Waals surface area (Å²) < 4.78 is 13.3. The zero-order chi connectivity index (χ0) is 12.6. The van der Waals surface area contributed by atoms with Gasteiger partial charge in [-0.3, -0.25) is 0 Å². The van der Waals surface area contributed by atoms with Crippen molar-refractivity contribution in [2.24, 2.45) is 0 Å². The van der Waals surface area contributed by atoms with Crippen LogP contribution in [0.3, 0.4) is 0 Å². The van der Waals surface area contributed by atoms with E-state index >= 15 is 0 Å². The Morgan fingerprint density at radius 1 is 1.29 bits per heavy atom. The highest BCUT2D eigenvalue weighted by Crippen LogP contribution is 2.33. The van der Waals surface area contributed by atoms with Gasteiger partial charge in [0.25, 0.3) is 0 Å². The largest absolute Gasteiger partial charge is 0.383 e. The number of rotatable bonds is 2. The Labute approximate surface area is 108 Å². The van der Waals surface area contributed by atoms with Crippen molar-refractivity contribution in [2.75, 3.05) is 0 Å². The first-order valence-corrected chi connectivity index (χ1v) is 6.38. The Balaban J connectivity index is 2.43. The van der Waals surface area contributed by atoms with Gasteiger partial charge in [0.2, 0.25) is 0 Å². The fourth-order valence-electron chi connectivity index (χ4n) is 1.64. The zero-order valence-electron chi connectivity index (χ0n) is 9.50. The monoisotopic (exact) mass is 270 g/mol. The summed E-state index contributed by atoms with van der Waals surface area (Å²) in [6, 6.07) is 6.64. The molecule has 1 aromatic carbocycles. The Kier molecular flexibility index (Phi) is 3.52. The summed E-state index contributed by atoms with van der Waals surface area (Å²) in [5.41, 5.74) is 1.03. The lowest BCUT2D eigenvalue weighted by molar-refractivity contribution is 0.224. The molecule has 1 N–H and O–H groups in total. The minimum atomic E-state index is -0.791. The van der Waals surface area contributed by atoms with Crippen LogP contribution in [0.2, 0.25) is 5.02 Å². The summed E-state index contributed by atoms with van der Waals surface area (Å²) in [6.07, 6.45) is -0.791. The smallest absolute Gasteiger partial charge is 0.127 e. The van der Waals surface area contributed by atoms with Gasteiger partial charge in [0.1, 0.15) is 11.9 Å². The van der Waals surface area contributed by atoms with E-state index in [1.807, 2.05) is 19.1 Å². The van der Waals surface area contributed by atoms with Gasteiger partial charge < -0.3 is 5.11 Å². The van der Waals surface area contributed by atoms with E-state index < -0.39 is 6.10 Å². The number of aliphatic hydroxyl groups is 1. The maximum Gasteiger partial charge on any atom is 0.127 e. The lowest BCUT2D eigenvalue weighted by atomic mass is 10.0. The van der Waals surface area contributed by atoms with Gasteiger partial charge in [-0.15, -0.1) is 11.3 Å². The van der Waals surface area contributed by atoms with Gasteiger partial charge >= 0.3 is 0 Å². The molecule has 90 valence electrons. The first-order valence-electron chi connectivity index (χ1n) is 5.19. The van der Waals surface area contributed by atoms with E-state index in [0.29, 0.717) is 11.1 Å². The second kappa shape index (κ2) is 4.77. The molecule has 2 rings (SSSR count). The molecule has 1 aromatic heterocycles. The number of benzene rings is 1. The second-order valence-electron chi connectivity index (χ2n) is 3.97. The minimum absolute atomic E-state index is 0.256. The SMILES string of the molecule is Cc1ccc(C(O)c2cc(C)c(F)cc2Cl)s1. The molecule has 0 aliphatic rings. The molecule has 17 heavy (non-hydrogen) atoms. The predicted molar refractivity (Wildman–Crippen MR) is 69.3 cm³/mol. The van der Waals surface area contributed by atoms with Gasteiger partial charge in [-0.2, -0.15) is 0 Å². The average Bonchev–Trinajstić information content (AvgIpc) is 2.69. The van der Waals surface area contributed by atoms with Crippen molar-refractivity contribution in [3.05, 3.63) is 56.0 Å². The van der Waals surface area contributed by atoms with Crippen LogP contribution in [0.25, 0.3) is 0 Å². The van der Waals surface area contributed by atoms with E-state index in [1.165, 1.54) is 17.4 Å². The number of hydrogen-bond donors (Lipinski definition) is 1. The molecule has 1 unspecified atom stereocenters. The van der Waals surface area contributed by atoms with Crippen LogP contribution < -0.4 is 0 Å². The Bertz CT molecular complexity index is 550. The highest BCUT2D eigenvalue weighted by atomic mass is 35.5. The predicted octanol–water partition coefficient (Wildman–Crippen LogP) is 4.24. The lowest BCUT2D eigenvalue weighted by Gasteiger charge is -2.12. The van der Waals surface area contributed by atoms with Crippen LogP contribution in [0.1, 0.15) is 27.0 Å². The van der Waals surface area contributed by atoms with Crippen molar-refractivity contribution in [1.82, 2.24) is 0 Å². The molecule has 1 atom stereocenters. The third-order valence-corrected chi connectivity index (χ3v) is 3.98. The molecular weight excluding hydrogens is 259 g/mol. The van der Waals surface area contributed by atoms with Crippen LogP contribution in [-0.4, -0.2) is 5.11 Å². The van der Waals surface area contributed by atoms with Crippen LogP contribution in [0.15, 0.2) is 24.3 Å². The molecule has 1 heterocycles. The molecule has 2 aromatic rings. The maximum atomic E-state index is 13.3. The van der Waals surface area contributed by atoms with Gasteiger partial charge in [0.05, 0.1) is 0 Å². The Hall–Kier alpha value is -0.900. The fraction of sp³-hybridized carbons (Fsp3) is 0.231. The molecule has 4 heteroatoms. The van der Waals surface area contributed by atoms with Gasteiger partial charge in [-0.25, -0.2) is 4.39 Å². The molecule has 0 aliphatic carbocycles. The van der Waals surface area contributed by atoms with Crippen LogP contribution >= 0.6 is 22.9 Å². The molecule has 1 nitrogen and oxygen atoms in total. The highest BCUT2D eigenvalue weighted by molar-refractivity contribution is 7.12.